The van der Waals surface area contributed by atoms with Crippen molar-refractivity contribution in [1.29, 1.82) is 0 Å². The second kappa shape index (κ2) is 10.3. The van der Waals surface area contributed by atoms with Crippen molar-refractivity contribution in [2.75, 3.05) is 5.32 Å². The van der Waals surface area contributed by atoms with Gasteiger partial charge in [-0.3, -0.25) is 9.78 Å². The molecule has 0 bridgehead atoms. The number of unbranched alkanes of at least 4 members (excludes halogenated alkanes) is 2. The summed E-state index contributed by atoms with van der Waals surface area (Å²) in [5.74, 6) is 0.506. The SMILES string of the molecule is CCCCCC(C)c1cnc(-c2cc(Cl)ccc2F)nc1Nc1ccncc1C=O. The maximum Gasteiger partial charge on any atom is 0.164 e. The van der Waals surface area contributed by atoms with Crippen molar-refractivity contribution in [2.45, 2.75) is 45.4 Å². The van der Waals surface area contributed by atoms with E-state index in [4.69, 9.17) is 11.6 Å². The number of benzene rings is 1. The lowest BCUT2D eigenvalue weighted by Crippen LogP contribution is -2.07. The van der Waals surface area contributed by atoms with Gasteiger partial charge in [0.1, 0.15) is 11.6 Å². The van der Waals surface area contributed by atoms with Gasteiger partial charge in [0.05, 0.1) is 16.8 Å². The number of nitrogens with zero attached hydrogens (tertiary/aromatic N) is 3. The number of halogens is 2. The summed E-state index contributed by atoms with van der Waals surface area (Å²) in [6.07, 6.45) is 9.91. The van der Waals surface area contributed by atoms with Gasteiger partial charge in [0.25, 0.3) is 0 Å². The van der Waals surface area contributed by atoms with Crippen LogP contribution < -0.4 is 5.32 Å². The van der Waals surface area contributed by atoms with E-state index in [2.05, 4.69) is 34.1 Å². The molecule has 5 nitrogen and oxygen atoms in total. The number of carbonyl (C=O) groups excluding carboxylic acids is 1. The van der Waals surface area contributed by atoms with Crippen LogP contribution in [0.5, 0.6) is 0 Å². The minimum absolute atomic E-state index is 0.193. The molecule has 0 spiro atoms. The molecule has 0 fully saturated rings. The molecule has 1 atom stereocenters. The van der Waals surface area contributed by atoms with Gasteiger partial charge < -0.3 is 5.32 Å². The molecule has 156 valence electrons. The van der Waals surface area contributed by atoms with E-state index in [1.807, 2.05) is 0 Å². The first-order valence-corrected chi connectivity index (χ1v) is 10.4. The monoisotopic (exact) mass is 426 g/mol. The summed E-state index contributed by atoms with van der Waals surface area (Å²) in [6.45, 7) is 4.28. The first kappa shape index (κ1) is 21.8. The van der Waals surface area contributed by atoms with E-state index in [9.17, 15) is 9.18 Å². The summed E-state index contributed by atoms with van der Waals surface area (Å²) in [5, 5.41) is 3.63. The molecule has 30 heavy (non-hydrogen) atoms. The molecule has 0 saturated carbocycles. The molecule has 0 aliphatic rings. The topological polar surface area (TPSA) is 67.8 Å². The van der Waals surface area contributed by atoms with Crippen molar-refractivity contribution in [1.82, 2.24) is 15.0 Å². The molecule has 0 radical (unpaired) electrons. The average molecular weight is 427 g/mol. The Morgan fingerprint density at radius 3 is 2.83 bits per heavy atom. The molecule has 2 aromatic heterocycles. The summed E-state index contributed by atoms with van der Waals surface area (Å²) in [5.41, 5.74) is 2.13. The van der Waals surface area contributed by atoms with Crippen LogP contribution in [-0.2, 0) is 0 Å². The van der Waals surface area contributed by atoms with Gasteiger partial charge in [-0.1, -0.05) is 44.7 Å². The van der Waals surface area contributed by atoms with Crippen molar-refractivity contribution in [2.24, 2.45) is 0 Å². The fourth-order valence-electron chi connectivity index (χ4n) is 3.25. The Hall–Kier alpha value is -2.86. The lowest BCUT2D eigenvalue weighted by atomic mass is 9.96. The van der Waals surface area contributed by atoms with Gasteiger partial charge >= 0.3 is 0 Å². The van der Waals surface area contributed by atoms with E-state index in [1.165, 1.54) is 24.4 Å². The normalized spacial score (nSPS) is 11.9. The van der Waals surface area contributed by atoms with Crippen LogP contribution in [0.25, 0.3) is 11.4 Å². The fraction of sp³-hybridized carbons (Fsp3) is 0.304. The first-order valence-electron chi connectivity index (χ1n) is 10.0. The van der Waals surface area contributed by atoms with Crippen LogP contribution in [-0.4, -0.2) is 21.2 Å². The zero-order valence-corrected chi connectivity index (χ0v) is 17.8. The number of carbonyl (C=O) groups is 1. The minimum Gasteiger partial charge on any atom is -0.339 e. The highest BCUT2D eigenvalue weighted by Crippen LogP contribution is 2.32. The maximum atomic E-state index is 14.4. The van der Waals surface area contributed by atoms with Crippen molar-refractivity contribution < 1.29 is 9.18 Å². The predicted molar refractivity (Wildman–Crippen MR) is 118 cm³/mol. The Kier molecular flexibility index (Phi) is 7.46. The molecule has 1 aromatic carbocycles. The zero-order valence-electron chi connectivity index (χ0n) is 17.0. The summed E-state index contributed by atoms with van der Waals surface area (Å²) in [7, 11) is 0. The van der Waals surface area contributed by atoms with Crippen molar-refractivity contribution in [3.63, 3.8) is 0 Å². The molecule has 7 heteroatoms. The molecule has 0 amide bonds. The molecule has 2 heterocycles. The quantitative estimate of drug-likeness (QED) is 0.309. The zero-order chi connectivity index (χ0) is 21.5. The predicted octanol–water partition coefficient (Wildman–Crippen LogP) is 6.57. The molecule has 3 rings (SSSR count). The van der Waals surface area contributed by atoms with Crippen molar-refractivity contribution in [3.8, 4) is 11.4 Å². The molecule has 0 saturated heterocycles. The third-order valence-corrected chi connectivity index (χ3v) is 5.23. The van der Waals surface area contributed by atoms with Gasteiger partial charge in [-0.05, 0) is 36.6 Å². The first-order chi connectivity index (χ1) is 14.5. The third-order valence-electron chi connectivity index (χ3n) is 4.99. The van der Waals surface area contributed by atoms with E-state index in [0.717, 1.165) is 37.5 Å². The van der Waals surface area contributed by atoms with E-state index >= 15 is 0 Å². The minimum atomic E-state index is -0.452. The van der Waals surface area contributed by atoms with Crippen molar-refractivity contribution in [3.05, 3.63) is 64.8 Å². The molecule has 0 aliphatic carbocycles. The van der Waals surface area contributed by atoms with Crippen LogP contribution in [0.15, 0.2) is 42.9 Å². The van der Waals surface area contributed by atoms with Gasteiger partial charge in [-0.2, -0.15) is 0 Å². The summed E-state index contributed by atoms with van der Waals surface area (Å²) in [4.78, 5) is 24.4. The number of hydrogen-bond acceptors (Lipinski definition) is 5. The summed E-state index contributed by atoms with van der Waals surface area (Å²) in [6, 6.07) is 5.99. The largest absolute Gasteiger partial charge is 0.339 e. The third kappa shape index (κ3) is 5.19. The lowest BCUT2D eigenvalue weighted by Gasteiger charge is -2.18. The summed E-state index contributed by atoms with van der Waals surface area (Å²) >= 11 is 6.04. The Labute approximate surface area is 180 Å². The molecular formula is C23H24ClFN4O. The van der Waals surface area contributed by atoms with Crippen LogP contribution in [0.4, 0.5) is 15.9 Å². The van der Waals surface area contributed by atoms with Gasteiger partial charge in [0.2, 0.25) is 0 Å². The van der Waals surface area contributed by atoms with Gasteiger partial charge in [0, 0.05) is 29.2 Å². The highest BCUT2D eigenvalue weighted by atomic mass is 35.5. The fourth-order valence-corrected chi connectivity index (χ4v) is 3.42. The molecule has 0 aliphatic heterocycles. The maximum absolute atomic E-state index is 14.4. The lowest BCUT2D eigenvalue weighted by molar-refractivity contribution is 0.112. The van der Waals surface area contributed by atoms with Gasteiger partial charge in [-0.25, -0.2) is 14.4 Å². The van der Waals surface area contributed by atoms with E-state index < -0.39 is 5.82 Å². The molecule has 1 unspecified atom stereocenters. The Morgan fingerprint density at radius 1 is 1.23 bits per heavy atom. The van der Waals surface area contributed by atoms with E-state index in [0.29, 0.717) is 22.1 Å². The number of aromatic nitrogens is 3. The molecular weight excluding hydrogens is 403 g/mol. The van der Waals surface area contributed by atoms with Crippen LogP contribution in [0.2, 0.25) is 5.02 Å². The number of nitrogens with one attached hydrogen (secondary N) is 1. The van der Waals surface area contributed by atoms with Crippen LogP contribution in [0.3, 0.4) is 0 Å². The Balaban J connectivity index is 2.04. The Morgan fingerprint density at radius 2 is 2.07 bits per heavy atom. The second-order valence-corrected chi connectivity index (χ2v) is 7.66. The van der Waals surface area contributed by atoms with Crippen LogP contribution in [0.1, 0.15) is 61.4 Å². The highest BCUT2D eigenvalue weighted by Gasteiger charge is 2.17. The highest BCUT2D eigenvalue weighted by molar-refractivity contribution is 6.30. The van der Waals surface area contributed by atoms with Gasteiger partial charge in [0.15, 0.2) is 12.1 Å². The average Bonchev–Trinajstić information content (AvgIpc) is 2.76. The summed E-state index contributed by atoms with van der Waals surface area (Å²) < 4.78 is 14.4. The van der Waals surface area contributed by atoms with E-state index in [-0.39, 0.29) is 17.3 Å². The standard InChI is InChI=1S/C23H24ClFN4O/c1-3-4-5-6-15(2)19-13-27-22(18-11-17(24)7-8-20(18)25)29-23(19)28-21-9-10-26-12-16(21)14-30/h7-15H,3-6H2,1-2H3,(H,26,27,28,29). The number of rotatable bonds is 9. The van der Waals surface area contributed by atoms with Crippen molar-refractivity contribution >= 4 is 29.4 Å². The number of aldehydes is 1. The van der Waals surface area contributed by atoms with E-state index in [1.54, 1.807) is 18.5 Å². The number of anilines is 2. The number of pyridine rings is 1. The number of hydrogen-bond donors (Lipinski definition) is 1. The smallest absolute Gasteiger partial charge is 0.164 e. The van der Waals surface area contributed by atoms with Crippen LogP contribution >= 0.6 is 11.6 Å². The van der Waals surface area contributed by atoms with Crippen LogP contribution in [0, 0.1) is 5.82 Å². The molecule has 3 aromatic rings. The Bertz CT molecular complexity index is 1030. The van der Waals surface area contributed by atoms with Gasteiger partial charge in [-0.15, -0.1) is 0 Å². The second-order valence-electron chi connectivity index (χ2n) is 7.22. The molecule has 1 N–H and O–H groups in total.